The minimum absolute atomic E-state index is 0.114. The van der Waals surface area contributed by atoms with Crippen molar-refractivity contribution in [1.82, 2.24) is 9.78 Å². The van der Waals surface area contributed by atoms with E-state index in [4.69, 9.17) is 5.14 Å². The lowest BCUT2D eigenvalue weighted by Crippen LogP contribution is -2.15. The topological polar surface area (TPSA) is 107 Å². The van der Waals surface area contributed by atoms with Crippen LogP contribution in [0.15, 0.2) is 77.0 Å². The molecule has 4 aromatic rings. The Hall–Kier alpha value is -3.34. The molecule has 0 saturated heterocycles. The van der Waals surface area contributed by atoms with Gasteiger partial charge in [0.15, 0.2) is 5.69 Å². The van der Waals surface area contributed by atoms with Crippen LogP contribution in [0.1, 0.15) is 10.5 Å². The molecule has 152 valence electrons. The van der Waals surface area contributed by atoms with Crippen LogP contribution in [0.2, 0.25) is 0 Å². The number of anilines is 1. The van der Waals surface area contributed by atoms with Crippen molar-refractivity contribution in [1.29, 1.82) is 0 Å². The number of nitrogens with one attached hydrogen (secondary N) is 1. The average molecular weight is 442 g/mol. The molecular weight excluding hydrogens is 427 g/mol. The number of amides is 1. The van der Waals surface area contributed by atoms with E-state index in [-0.39, 0.29) is 22.1 Å². The molecular formula is C20H15FN4O3S2. The Balaban J connectivity index is 1.70. The largest absolute Gasteiger partial charge is 0.321 e. The van der Waals surface area contributed by atoms with Crippen molar-refractivity contribution in [3.8, 4) is 16.3 Å². The average Bonchev–Trinajstić information content (AvgIpc) is 3.38. The number of aromatic nitrogens is 2. The first kappa shape index (κ1) is 20.0. The van der Waals surface area contributed by atoms with E-state index in [0.29, 0.717) is 11.4 Å². The third-order valence-corrected chi connectivity index (χ3v) is 6.01. The molecule has 0 unspecified atom stereocenters. The summed E-state index contributed by atoms with van der Waals surface area (Å²) in [6.07, 6.45) is 0. The summed E-state index contributed by atoms with van der Waals surface area (Å²) < 4.78 is 37.9. The third kappa shape index (κ3) is 4.15. The standard InChI is InChI=1S/C20H15FN4O3S2/c21-13-6-8-15(9-7-13)25-18(19-5-2-10-29-19)12-17(24-25)20(26)23-14-3-1-4-16(11-14)30(22,27)28/h1-12H,(H,23,26)(H2,22,27,28). The Labute approximate surface area is 175 Å². The number of hydrogen-bond acceptors (Lipinski definition) is 5. The van der Waals surface area contributed by atoms with Crippen molar-refractivity contribution in [2.24, 2.45) is 5.14 Å². The van der Waals surface area contributed by atoms with Gasteiger partial charge < -0.3 is 5.32 Å². The van der Waals surface area contributed by atoms with Crippen molar-refractivity contribution < 1.29 is 17.6 Å². The number of nitrogens with two attached hydrogens (primary N) is 1. The van der Waals surface area contributed by atoms with E-state index >= 15 is 0 Å². The number of thiophene rings is 1. The summed E-state index contributed by atoms with van der Waals surface area (Å²) in [5.41, 5.74) is 1.64. The molecule has 2 heterocycles. The van der Waals surface area contributed by atoms with Crippen LogP contribution in [0.4, 0.5) is 10.1 Å². The number of carbonyl (C=O) groups is 1. The number of halogens is 1. The van der Waals surface area contributed by atoms with Gasteiger partial charge in [0.05, 0.1) is 21.2 Å². The Morgan fingerprint density at radius 1 is 1.07 bits per heavy atom. The summed E-state index contributed by atoms with van der Waals surface area (Å²) in [6, 6.07) is 16.8. The van der Waals surface area contributed by atoms with Gasteiger partial charge in [-0.1, -0.05) is 12.1 Å². The van der Waals surface area contributed by atoms with Gasteiger partial charge in [0.1, 0.15) is 5.82 Å². The lowest BCUT2D eigenvalue weighted by atomic mass is 10.2. The second-order valence-corrected chi connectivity index (χ2v) is 8.82. The number of rotatable bonds is 5. The molecule has 7 nitrogen and oxygen atoms in total. The van der Waals surface area contributed by atoms with Gasteiger partial charge in [-0.05, 0) is 60.0 Å². The van der Waals surface area contributed by atoms with Crippen LogP contribution in [-0.2, 0) is 10.0 Å². The predicted octanol–water partition coefficient (Wildman–Crippen LogP) is 3.64. The molecule has 0 atom stereocenters. The predicted molar refractivity (Wildman–Crippen MR) is 113 cm³/mol. The highest BCUT2D eigenvalue weighted by molar-refractivity contribution is 7.89. The molecule has 0 fully saturated rings. The van der Waals surface area contributed by atoms with Gasteiger partial charge in [0, 0.05) is 5.69 Å². The monoisotopic (exact) mass is 442 g/mol. The quantitative estimate of drug-likeness (QED) is 0.492. The molecule has 2 aromatic carbocycles. The van der Waals surface area contributed by atoms with Gasteiger partial charge in [0.2, 0.25) is 10.0 Å². The molecule has 4 rings (SSSR count). The summed E-state index contributed by atoms with van der Waals surface area (Å²) >= 11 is 1.47. The highest BCUT2D eigenvalue weighted by Gasteiger charge is 2.18. The molecule has 2 aromatic heterocycles. The zero-order chi connectivity index (χ0) is 21.3. The normalized spacial score (nSPS) is 11.4. The molecule has 0 aliphatic heterocycles. The highest BCUT2D eigenvalue weighted by Crippen LogP contribution is 2.28. The molecule has 0 aliphatic carbocycles. The van der Waals surface area contributed by atoms with Crippen LogP contribution in [0.5, 0.6) is 0 Å². The lowest BCUT2D eigenvalue weighted by Gasteiger charge is -2.06. The fourth-order valence-corrected chi connectivity index (χ4v) is 4.10. The second-order valence-electron chi connectivity index (χ2n) is 6.31. The third-order valence-electron chi connectivity index (χ3n) is 4.21. The smallest absolute Gasteiger partial charge is 0.276 e. The van der Waals surface area contributed by atoms with Crippen LogP contribution >= 0.6 is 11.3 Å². The summed E-state index contributed by atoms with van der Waals surface area (Å²) in [6.45, 7) is 0. The van der Waals surface area contributed by atoms with Gasteiger partial charge in [0.25, 0.3) is 5.91 Å². The van der Waals surface area contributed by atoms with Crippen LogP contribution in [0.3, 0.4) is 0 Å². The zero-order valence-electron chi connectivity index (χ0n) is 15.3. The number of nitrogens with zero attached hydrogens (tertiary/aromatic N) is 2. The fourth-order valence-electron chi connectivity index (χ4n) is 2.82. The van der Waals surface area contributed by atoms with Crippen molar-refractivity contribution in [2.45, 2.75) is 4.90 Å². The van der Waals surface area contributed by atoms with Gasteiger partial charge in [-0.25, -0.2) is 22.6 Å². The van der Waals surface area contributed by atoms with Gasteiger partial charge in [-0.15, -0.1) is 11.3 Å². The van der Waals surface area contributed by atoms with Crippen molar-refractivity contribution in [2.75, 3.05) is 5.32 Å². The molecule has 1 amide bonds. The molecule has 10 heteroatoms. The van der Waals surface area contributed by atoms with E-state index in [1.165, 1.54) is 41.7 Å². The second kappa shape index (κ2) is 7.82. The van der Waals surface area contributed by atoms with E-state index in [1.54, 1.807) is 28.9 Å². The van der Waals surface area contributed by atoms with Gasteiger partial charge in [-0.3, -0.25) is 4.79 Å². The van der Waals surface area contributed by atoms with E-state index in [0.717, 1.165) is 4.88 Å². The summed E-state index contributed by atoms with van der Waals surface area (Å²) in [7, 11) is -3.90. The minimum atomic E-state index is -3.90. The maximum Gasteiger partial charge on any atom is 0.276 e. The van der Waals surface area contributed by atoms with Crippen LogP contribution < -0.4 is 10.5 Å². The summed E-state index contributed by atoms with van der Waals surface area (Å²) in [4.78, 5) is 13.5. The first-order chi connectivity index (χ1) is 14.3. The van der Waals surface area contributed by atoms with Crippen LogP contribution in [-0.4, -0.2) is 24.1 Å². The Bertz CT molecular complexity index is 1310. The Morgan fingerprint density at radius 2 is 1.83 bits per heavy atom. The first-order valence-electron chi connectivity index (χ1n) is 8.65. The first-order valence-corrected chi connectivity index (χ1v) is 11.1. The maximum absolute atomic E-state index is 13.3. The fraction of sp³-hybridized carbons (Fsp3) is 0. The lowest BCUT2D eigenvalue weighted by molar-refractivity contribution is 0.102. The van der Waals surface area contributed by atoms with Crippen molar-refractivity contribution >= 4 is 33.0 Å². The number of primary sulfonamides is 1. The molecule has 0 bridgehead atoms. The molecule has 0 spiro atoms. The van der Waals surface area contributed by atoms with E-state index in [9.17, 15) is 17.6 Å². The van der Waals surface area contributed by atoms with Crippen molar-refractivity contribution in [3.63, 3.8) is 0 Å². The Morgan fingerprint density at radius 3 is 2.50 bits per heavy atom. The number of benzene rings is 2. The SMILES string of the molecule is NS(=O)(=O)c1cccc(NC(=O)c2cc(-c3cccs3)n(-c3ccc(F)cc3)n2)c1. The highest BCUT2D eigenvalue weighted by atomic mass is 32.2. The van der Waals surface area contributed by atoms with Crippen LogP contribution in [0.25, 0.3) is 16.3 Å². The maximum atomic E-state index is 13.3. The zero-order valence-corrected chi connectivity index (χ0v) is 17.0. The minimum Gasteiger partial charge on any atom is -0.321 e. The summed E-state index contributed by atoms with van der Waals surface area (Å²) in [5, 5.41) is 14.0. The van der Waals surface area contributed by atoms with Crippen molar-refractivity contribution in [3.05, 3.63) is 83.6 Å². The Kier molecular flexibility index (Phi) is 5.20. The van der Waals surface area contributed by atoms with Crippen LogP contribution in [0, 0.1) is 5.82 Å². The number of sulfonamides is 1. The number of carbonyl (C=O) groups excluding carboxylic acids is 1. The molecule has 3 N–H and O–H groups in total. The summed E-state index contributed by atoms with van der Waals surface area (Å²) in [5.74, 6) is -0.906. The number of hydrogen-bond donors (Lipinski definition) is 2. The van der Waals surface area contributed by atoms with E-state index in [2.05, 4.69) is 10.4 Å². The van der Waals surface area contributed by atoms with E-state index in [1.807, 2.05) is 17.5 Å². The van der Waals surface area contributed by atoms with E-state index < -0.39 is 15.9 Å². The molecule has 0 aliphatic rings. The van der Waals surface area contributed by atoms with Gasteiger partial charge in [-0.2, -0.15) is 5.10 Å². The molecule has 30 heavy (non-hydrogen) atoms. The molecule has 0 radical (unpaired) electrons. The van der Waals surface area contributed by atoms with Gasteiger partial charge >= 0.3 is 0 Å². The molecule has 0 saturated carbocycles.